The Morgan fingerprint density at radius 3 is 2.13 bits per heavy atom. The number of benzene rings is 2. The number of carbonyl (C=O) groups excluding carboxylic acids is 1. The fraction of sp³-hybridized carbons (Fsp3) is 0.440. The monoisotopic (exact) mass is 423 g/mol. The summed E-state index contributed by atoms with van der Waals surface area (Å²) in [7, 11) is 0. The highest BCUT2D eigenvalue weighted by Crippen LogP contribution is 2.55. The number of hydrogen-bond donors (Lipinski definition) is 2. The van der Waals surface area contributed by atoms with Crippen molar-refractivity contribution in [3.05, 3.63) is 64.2 Å². The van der Waals surface area contributed by atoms with E-state index in [9.17, 15) is 4.79 Å². The van der Waals surface area contributed by atoms with E-state index in [1.165, 1.54) is 5.56 Å². The summed E-state index contributed by atoms with van der Waals surface area (Å²) in [5.41, 5.74) is 2.90. The molecule has 2 aromatic rings. The van der Waals surface area contributed by atoms with Gasteiger partial charge in [0, 0.05) is 34.2 Å². The van der Waals surface area contributed by atoms with Crippen molar-refractivity contribution in [1.29, 1.82) is 5.26 Å². The van der Waals surface area contributed by atoms with Crippen molar-refractivity contribution in [2.45, 2.75) is 59.5 Å². The maximum Gasteiger partial charge on any atom is 0.251 e. The van der Waals surface area contributed by atoms with Crippen LogP contribution in [0.15, 0.2) is 42.5 Å². The molecule has 158 valence electrons. The minimum atomic E-state index is -0.169. The highest BCUT2D eigenvalue weighted by molar-refractivity contribution is 6.32. The van der Waals surface area contributed by atoms with E-state index in [1.807, 2.05) is 30.3 Å². The van der Waals surface area contributed by atoms with Gasteiger partial charge in [-0.3, -0.25) is 4.79 Å². The fourth-order valence-electron chi connectivity index (χ4n) is 4.99. The SMILES string of the molecule is CC(C)c1ccc(C(=O)NC2C(C)(C)C(Nc3ccc(C#N)c(Cl)c3)C2(C)C)cc1. The number of carbonyl (C=O) groups is 1. The molecule has 1 aliphatic rings. The predicted octanol–water partition coefficient (Wildman–Crippen LogP) is 5.98. The Hall–Kier alpha value is -2.51. The second kappa shape index (κ2) is 7.96. The van der Waals surface area contributed by atoms with Gasteiger partial charge in [0.25, 0.3) is 5.91 Å². The molecule has 0 aromatic heterocycles. The van der Waals surface area contributed by atoms with Crippen LogP contribution in [-0.2, 0) is 0 Å². The van der Waals surface area contributed by atoms with E-state index in [-0.39, 0.29) is 28.8 Å². The maximum atomic E-state index is 12.9. The number of nitrogens with zero attached hydrogens (tertiary/aromatic N) is 1. The lowest BCUT2D eigenvalue weighted by Crippen LogP contribution is -2.75. The van der Waals surface area contributed by atoms with Gasteiger partial charge in [0.05, 0.1) is 10.6 Å². The minimum absolute atomic E-state index is 0.00799. The summed E-state index contributed by atoms with van der Waals surface area (Å²) in [6, 6.07) is 15.5. The highest BCUT2D eigenvalue weighted by Gasteiger charge is 2.62. The summed E-state index contributed by atoms with van der Waals surface area (Å²) in [5.74, 6) is 0.394. The molecule has 0 spiro atoms. The van der Waals surface area contributed by atoms with Crippen molar-refractivity contribution in [3.8, 4) is 6.07 Å². The summed E-state index contributed by atoms with van der Waals surface area (Å²) >= 11 is 6.19. The molecule has 0 heterocycles. The van der Waals surface area contributed by atoms with Crippen LogP contribution in [0.2, 0.25) is 5.02 Å². The zero-order chi connectivity index (χ0) is 22.3. The molecule has 0 atom stereocenters. The second-order valence-electron chi connectivity index (χ2n) is 9.71. The lowest BCUT2D eigenvalue weighted by atomic mass is 9.48. The number of hydrogen-bond acceptors (Lipinski definition) is 3. The van der Waals surface area contributed by atoms with E-state index < -0.39 is 0 Å². The quantitative estimate of drug-likeness (QED) is 0.621. The van der Waals surface area contributed by atoms with Gasteiger partial charge in [-0.25, -0.2) is 0 Å². The van der Waals surface area contributed by atoms with Crippen LogP contribution in [0.4, 0.5) is 5.69 Å². The molecule has 0 bridgehead atoms. The summed E-state index contributed by atoms with van der Waals surface area (Å²) < 4.78 is 0. The standard InChI is InChI=1S/C25H30ClN3O/c1-15(2)16-7-9-17(10-8-16)21(30)29-23-24(3,4)22(25(23,5)6)28-19-12-11-18(14-27)20(26)13-19/h7-13,15,22-23,28H,1-6H3,(H,29,30). The van der Waals surface area contributed by atoms with Crippen molar-refractivity contribution in [2.24, 2.45) is 10.8 Å². The average molecular weight is 424 g/mol. The van der Waals surface area contributed by atoms with Crippen molar-refractivity contribution >= 4 is 23.2 Å². The summed E-state index contributed by atoms with van der Waals surface area (Å²) in [4.78, 5) is 12.9. The van der Waals surface area contributed by atoms with Gasteiger partial charge < -0.3 is 10.6 Å². The molecule has 0 unspecified atom stereocenters. The molecule has 30 heavy (non-hydrogen) atoms. The number of amides is 1. The lowest BCUT2D eigenvalue weighted by molar-refractivity contribution is -0.0554. The molecule has 1 saturated carbocycles. The van der Waals surface area contributed by atoms with Gasteiger partial charge in [-0.05, 0) is 41.8 Å². The Labute approximate surface area is 184 Å². The molecule has 1 fully saturated rings. The molecule has 0 radical (unpaired) electrons. The third kappa shape index (κ3) is 3.91. The van der Waals surface area contributed by atoms with Crippen LogP contribution < -0.4 is 10.6 Å². The van der Waals surface area contributed by atoms with Crippen molar-refractivity contribution < 1.29 is 4.79 Å². The van der Waals surface area contributed by atoms with E-state index >= 15 is 0 Å². The summed E-state index contributed by atoms with van der Waals surface area (Å²) in [6.07, 6.45) is 0. The zero-order valence-electron chi connectivity index (χ0n) is 18.5. The number of nitrogens with one attached hydrogen (secondary N) is 2. The van der Waals surface area contributed by atoms with Crippen molar-refractivity contribution in [3.63, 3.8) is 0 Å². The highest BCUT2D eigenvalue weighted by atomic mass is 35.5. The van der Waals surface area contributed by atoms with E-state index in [0.717, 1.165) is 5.69 Å². The summed E-state index contributed by atoms with van der Waals surface area (Å²) in [6.45, 7) is 12.9. The molecule has 0 aliphatic heterocycles. The number of halogens is 1. The first-order chi connectivity index (χ1) is 14.0. The lowest BCUT2D eigenvalue weighted by Gasteiger charge is -2.64. The topological polar surface area (TPSA) is 64.9 Å². The Kier molecular flexibility index (Phi) is 5.89. The van der Waals surface area contributed by atoms with Crippen LogP contribution in [0.3, 0.4) is 0 Å². The molecule has 1 aliphatic carbocycles. The van der Waals surface area contributed by atoms with Gasteiger partial charge in [-0.1, -0.05) is 65.3 Å². The van der Waals surface area contributed by atoms with Crippen LogP contribution in [0, 0.1) is 22.2 Å². The largest absolute Gasteiger partial charge is 0.381 e. The van der Waals surface area contributed by atoms with Gasteiger partial charge in [-0.15, -0.1) is 0 Å². The Bertz CT molecular complexity index is 970. The normalized spacial score (nSPS) is 21.4. The van der Waals surface area contributed by atoms with Gasteiger partial charge in [0.15, 0.2) is 0 Å². The van der Waals surface area contributed by atoms with Crippen LogP contribution in [0.25, 0.3) is 0 Å². The van der Waals surface area contributed by atoms with Crippen LogP contribution in [0.1, 0.15) is 68.9 Å². The van der Waals surface area contributed by atoms with Gasteiger partial charge >= 0.3 is 0 Å². The van der Waals surface area contributed by atoms with E-state index in [0.29, 0.717) is 22.1 Å². The van der Waals surface area contributed by atoms with Crippen molar-refractivity contribution in [2.75, 3.05) is 5.32 Å². The first-order valence-corrected chi connectivity index (χ1v) is 10.7. The summed E-state index contributed by atoms with van der Waals surface area (Å²) in [5, 5.41) is 16.3. The molecular weight excluding hydrogens is 394 g/mol. The van der Waals surface area contributed by atoms with Crippen LogP contribution in [-0.4, -0.2) is 18.0 Å². The Morgan fingerprint density at radius 2 is 1.63 bits per heavy atom. The fourth-order valence-corrected chi connectivity index (χ4v) is 5.22. The van der Waals surface area contributed by atoms with Gasteiger partial charge in [-0.2, -0.15) is 5.26 Å². The Morgan fingerprint density at radius 1 is 1.03 bits per heavy atom. The average Bonchev–Trinajstić information content (AvgIpc) is 2.69. The van der Waals surface area contributed by atoms with E-state index in [1.54, 1.807) is 12.1 Å². The molecule has 2 N–H and O–H groups in total. The first kappa shape index (κ1) is 22.2. The van der Waals surface area contributed by atoms with Crippen LogP contribution >= 0.6 is 11.6 Å². The third-order valence-electron chi connectivity index (χ3n) is 6.49. The predicted molar refractivity (Wildman–Crippen MR) is 123 cm³/mol. The zero-order valence-corrected chi connectivity index (χ0v) is 19.3. The van der Waals surface area contributed by atoms with E-state index in [2.05, 4.69) is 58.2 Å². The molecule has 1 amide bonds. The molecular formula is C25H30ClN3O. The second-order valence-corrected chi connectivity index (χ2v) is 10.1. The molecule has 3 rings (SSSR count). The number of nitriles is 1. The molecule has 5 heteroatoms. The molecule has 0 saturated heterocycles. The first-order valence-electron chi connectivity index (χ1n) is 10.4. The van der Waals surface area contributed by atoms with Gasteiger partial charge in [0.2, 0.25) is 0 Å². The Balaban J connectivity index is 1.74. The number of rotatable bonds is 5. The smallest absolute Gasteiger partial charge is 0.251 e. The molecule has 4 nitrogen and oxygen atoms in total. The van der Waals surface area contributed by atoms with Crippen molar-refractivity contribution in [1.82, 2.24) is 5.32 Å². The third-order valence-corrected chi connectivity index (χ3v) is 6.80. The number of anilines is 1. The van der Waals surface area contributed by atoms with E-state index in [4.69, 9.17) is 16.9 Å². The van der Waals surface area contributed by atoms with Gasteiger partial charge in [0.1, 0.15) is 6.07 Å². The minimum Gasteiger partial charge on any atom is -0.381 e. The molecule has 2 aromatic carbocycles. The maximum absolute atomic E-state index is 12.9. The van der Waals surface area contributed by atoms with Crippen LogP contribution in [0.5, 0.6) is 0 Å².